The number of halogens is 8. The molecule has 0 radical (unpaired) electrons. The van der Waals surface area contributed by atoms with Crippen LogP contribution in [0, 0.1) is 69.5 Å². The minimum atomic E-state index is -2.03. The van der Waals surface area contributed by atoms with Crippen molar-refractivity contribution in [1.29, 1.82) is 10.5 Å². The maximum Gasteiger partial charge on any atom is 0.252 e. The monoisotopic (exact) mass is 590 g/mol. The van der Waals surface area contributed by atoms with Gasteiger partial charge in [-0.15, -0.1) is 10.5 Å². The number of aromatic nitrogens is 2. The van der Waals surface area contributed by atoms with E-state index in [1.807, 2.05) is 0 Å². The summed E-state index contributed by atoms with van der Waals surface area (Å²) < 4.78 is 102. The van der Waals surface area contributed by atoms with Crippen LogP contribution in [0.25, 0.3) is 0 Å². The average molecular weight is 591 g/mol. The summed E-state index contributed by atoms with van der Waals surface area (Å²) in [6.07, 6.45) is 0. The normalized spacial score (nSPS) is 13.9. The first-order valence-electron chi connectivity index (χ1n) is 7.62. The quantitative estimate of drug-likeness (QED) is 0.232. The van der Waals surface area contributed by atoms with Gasteiger partial charge in [-0.2, -0.15) is 17.6 Å². The van der Waals surface area contributed by atoms with Gasteiger partial charge in [0.1, 0.15) is 0 Å². The van der Waals surface area contributed by atoms with Gasteiger partial charge in [0, 0.05) is 28.6 Å². The van der Waals surface area contributed by atoms with E-state index >= 15 is 0 Å². The molecule has 0 aromatic carbocycles. The molecule has 182 valence electrons. The van der Waals surface area contributed by atoms with Crippen LogP contribution in [0.1, 0.15) is 21.9 Å². The number of nitriles is 2. The van der Waals surface area contributed by atoms with Crippen molar-refractivity contribution in [2.75, 3.05) is 0 Å². The van der Waals surface area contributed by atoms with Gasteiger partial charge < -0.3 is 50.5 Å². The van der Waals surface area contributed by atoms with Crippen LogP contribution in [0.2, 0.25) is 0 Å². The van der Waals surface area contributed by atoms with Gasteiger partial charge in [-0.3, -0.25) is 0 Å². The Labute approximate surface area is 213 Å². The molecule has 0 fully saturated rings. The Morgan fingerprint density at radius 1 is 0.545 bits per heavy atom. The van der Waals surface area contributed by atoms with Crippen molar-refractivity contribution < 1.29 is 51.6 Å². The van der Waals surface area contributed by atoms with Gasteiger partial charge in [0.2, 0.25) is 23.3 Å². The number of hydrogen-bond donors (Lipinski definition) is 0. The molecule has 0 aliphatic heterocycles. The second-order valence-electron chi connectivity index (χ2n) is 5.40. The maximum atomic E-state index is 13.1. The topological polar surface area (TPSA) is 73.4 Å². The largest absolute Gasteiger partial charge is 0.784 e. The van der Waals surface area contributed by atoms with Gasteiger partial charge in [-0.25, -0.2) is 38.1 Å². The molecular formula is C16H4F8N4NiS4-4. The number of pyridine rings is 2. The van der Waals surface area contributed by atoms with Crippen LogP contribution >= 0.6 is 0 Å². The smallest absolute Gasteiger partial charge is 0.252 e. The molecule has 0 amide bonds. The third-order valence-corrected chi connectivity index (χ3v) is 5.45. The fourth-order valence-electron chi connectivity index (χ4n) is 1.81. The van der Waals surface area contributed by atoms with Crippen molar-refractivity contribution in [1.82, 2.24) is 9.97 Å². The minimum absolute atomic E-state index is 0. The van der Waals surface area contributed by atoms with Crippen molar-refractivity contribution >= 4 is 50.5 Å². The van der Waals surface area contributed by atoms with Gasteiger partial charge in [-0.1, -0.05) is 10.5 Å². The third kappa shape index (κ3) is 7.30. The third-order valence-electron chi connectivity index (χ3n) is 3.36. The first-order valence-corrected chi connectivity index (χ1v) is 9.50. The Morgan fingerprint density at radius 2 is 0.818 bits per heavy atom. The molecule has 33 heavy (non-hydrogen) atoms. The molecule has 4 nitrogen and oxygen atoms in total. The van der Waals surface area contributed by atoms with Crippen LogP contribution < -0.4 is 0 Å². The zero-order valence-corrected chi connectivity index (χ0v) is 19.3. The summed E-state index contributed by atoms with van der Waals surface area (Å²) in [5.74, 6) is -15.2. The molecule has 2 rings (SSSR count). The maximum absolute atomic E-state index is 13.1. The number of hydrogen-bond acceptors (Lipinski definition) is 8. The molecule has 0 aliphatic rings. The number of nitrogens with zero attached hydrogens (tertiary/aromatic N) is 4. The van der Waals surface area contributed by atoms with E-state index in [1.165, 1.54) is 12.1 Å². The van der Waals surface area contributed by atoms with Gasteiger partial charge in [0.25, 0.3) is 11.9 Å². The Balaban J connectivity index is 0.000000602. The Kier molecular flexibility index (Phi) is 12.9. The zero-order valence-electron chi connectivity index (χ0n) is 15.1. The standard InChI is InChI=1S/2C8H4F4N2S2.Ni/c2*9-3-4(10)6(7(16)2(15)1-13)14-8(12)5(3)11;/h2*2,7,15-16H;/p-4. The first-order chi connectivity index (χ1) is 14.8. The molecule has 0 saturated heterocycles. The summed E-state index contributed by atoms with van der Waals surface area (Å²) in [5.41, 5.74) is -1.74. The van der Waals surface area contributed by atoms with Gasteiger partial charge in [0.15, 0.2) is 11.6 Å². The van der Waals surface area contributed by atoms with Crippen molar-refractivity contribution in [3.05, 3.63) is 58.2 Å². The molecule has 0 bridgehead atoms. The van der Waals surface area contributed by atoms with E-state index in [4.69, 9.17) is 10.5 Å². The molecule has 2 aromatic heterocycles. The number of rotatable bonds is 4. The summed E-state index contributed by atoms with van der Waals surface area (Å²) in [5, 5.41) is 11.4. The van der Waals surface area contributed by atoms with E-state index in [1.54, 1.807) is 0 Å². The molecule has 0 spiro atoms. The van der Waals surface area contributed by atoms with Gasteiger partial charge in [-0.05, 0) is 0 Å². The van der Waals surface area contributed by atoms with Crippen molar-refractivity contribution in [2.24, 2.45) is 0 Å². The Morgan fingerprint density at radius 3 is 1.06 bits per heavy atom. The molecule has 0 aliphatic carbocycles. The summed E-state index contributed by atoms with van der Waals surface area (Å²) in [7, 11) is 0. The van der Waals surface area contributed by atoms with Gasteiger partial charge >= 0.3 is 0 Å². The fraction of sp³-hybridized carbons (Fsp3) is 0.250. The second kappa shape index (κ2) is 13.5. The zero-order chi connectivity index (χ0) is 24.9. The van der Waals surface area contributed by atoms with E-state index in [0.717, 1.165) is 0 Å². The van der Waals surface area contributed by atoms with E-state index in [9.17, 15) is 35.1 Å². The Hall–Kier alpha value is -1.39. The van der Waals surface area contributed by atoms with Crippen LogP contribution in [0.3, 0.4) is 0 Å². The average Bonchev–Trinajstić information content (AvgIpc) is 2.79. The van der Waals surface area contributed by atoms with Crippen LogP contribution in [-0.4, -0.2) is 20.5 Å². The SMILES string of the molecule is N#CC([S-])C([S-])c1nc(F)c(F)c(F)c1F.N#CC([S-])C([S-])c1nc(F)c(F)c(F)c1F.[Ni]. The van der Waals surface area contributed by atoms with Crippen molar-refractivity contribution in [3.8, 4) is 12.1 Å². The molecule has 0 saturated carbocycles. The first kappa shape index (κ1) is 31.6. The van der Waals surface area contributed by atoms with E-state index < -0.39 is 79.2 Å². The van der Waals surface area contributed by atoms with Crippen LogP contribution in [0.15, 0.2) is 0 Å². The summed E-state index contributed by atoms with van der Waals surface area (Å²) in [6, 6.07) is 3.02. The predicted molar refractivity (Wildman–Crippen MR) is 102 cm³/mol. The molecule has 17 heteroatoms. The van der Waals surface area contributed by atoms with Crippen LogP contribution in [-0.2, 0) is 67.0 Å². The summed E-state index contributed by atoms with van der Waals surface area (Å²) in [6.45, 7) is 0. The molecule has 0 N–H and O–H groups in total. The molecule has 4 unspecified atom stereocenters. The molecule has 4 atom stereocenters. The summed E-state index contributed by atoms with van der Waals surface area (Å²) >= 11 is 18.2. The summed E-state index contributed by atoms with van der Waals surface area (Å²) in [4.78, 5) is 5.65. The van der Waals surface area contributed by atoms with E-state index in [0.29, 0.717) is 0 Å². The minimum Gasteiger partial charge on any atom is -0.784 e. The molecular weight excluding hydrogens is 587 g/mol. The molecule has 2 heterocycles. The Bertz CT molecular complexity index is 1010. The van der Waals surface area contributed by atoms with Crippen LogP contribution in [0.5, 0.6) is 0 Å². The van der Waals surface area contributed by atoms with Crippen LogP contribution in [0.4, 0.5) is 35.1 Å². The predicted octanol–water partition coefficient (Wildman–Crippen LogP) is 3.33. The molecule has 2 aromatic rings. The van der Waals surface area contributed by atoms with Crippen molar-refractivity contribution in [2.45, 2.75) is 21.0 Å². The fourth-order valence-corrected chi connectivity index (χ4v) is 2.50. The van der Waals surface area contributed by atoms with E-state index in [-0.39, 0.29) is 16.5 Å². The van der Waals surface area contributed by atoms with Gasteiger partial charge in [0.05, 0.1) is 11.4 Å². The van der Waals surface area contributed by atoms with Crippen molar-refractivity contribution in [3.63, 3.8) is 0 Å². The second-order valence-corrected chi connectivity index (χ2v) is 7.43. The van der Waals surface area contributed by atoms with E-state index in [2.05, 4.69) is 60.5 Å².